The highest BCUT2D eigenvalue weighted by molar-refractivity contribution is 9.10. The highest BCUT2D eigenvalue weighted by Gasteiger charge is 2.12. The van der Waals surface area contributed by atoms with Gasteiger partial charge in [-0.1, -0.05) is 6.07 Å². The van der Waals surface area contributed by atoms with E-state index in [2.05, 4.69) is 36.9 Å². The zero-order chi connectivity index (χ0) is 14.7. The molecular weight excluding hydrogens is 322 g/mol. The summed E-state index contributed by atoms with van der Waals surface area (Å²) in [7, 11) is 0. The van der Waals surface area contributed by atoms with Crippen molar-refractivity contribution in [1.29, 1.82) is 0 Å². The SMILES string of the molecule is Cc1cc(C)c(NC(=O)c2ccc(NN)nn2)c(Br)c1. The lowest BCUT2D eigenvalue weighted by Gasteiger charge is -2.11. The van der Waals surface area contributed by atoms with Crippen molar-refractivity contribution >= 4 is 33.3 Å². The van der Waals surface area contributed by atoms with Crippen LogP contribution >= 0.6 is 15.9 Å². The van der Waals surface area contributed by atoms with Gasteiger partial charge in [-0.05, 0) is 59.1 Å². The second kappa shape index (κ2) is 5.98. The number of carbonyl (C=O) groups excluding carboxylic acids is 1. The first-order chi connectivity index (χ1) is 9.51. The van der Waals surface area contributed by atoms with Gasteiger partial charge in [-0.15, -0.1) is 10.2 Å². The van der Waals surface area contributed by atoms with Crippen LogP contribution in [0.15, 0.2) is 28.7 Å². The molecule has 4 N–H and O–H groups in total. The summed E-state index contributed by atoms with van der Waals surface area (Å²) in [5.41, 5.74) is 5.39. The monoisotopic (exact) mass is 335 g/mol. The molecule has 0 spiro atoms. The predicted octanol–water partition coefficient (Wildman–Crippen LogP) is 2.39. The number of rotatable bonds is 3. The average Bonchev–Trinajstić information content (AvgIpc) is 2.42. The minimum Gasteiger partial charge on any atom is -0.319 e. The number of nitrogens with zero attached hydrogens (tertiary/aromatic N) is 2. The summed E-state index contributed by atoms with van der Waals surface area (Å²) in [6.45, 7) is 3.92. The third kappa shape index (κ3) is 3.12. The minimum atomic E-state index is -0.325. The summed E-state index contributed by atoms with van der Waals surface area (Å²) < 4.78 is 0.830. The van der Waals surface area contributed by atoms with Crippen LogP contribution in [-0.4, -0.2) is 16.1 Å². The molecule has 0 aliphatic rings. The molecule has 7 heteroatoms. The Morgan fingerprint density at radius 1 is 1.25 bits per heavy atom. The number of carbonyl (C=O) groups is 1. The summed E-state index contributed by atoms with van der Waals surface area (Å²) >= 11 is 3.44. The Bertz CT molecular complexity index is 619. The molecule has 0 radical (unpaired) electrons. The first-order valence-electron chi connectivity index (χ1n) is 5.89. The number of nitrogens with one attached hydrogen (secondary N) is 2. The third-order valence-corrected chi connectivity index (χ3v) is 3.34. The van der Waals surface area contributed by atoms with Crippen LogP contribution in [0.4, 0.5) is 11.5 Å². The largest absolute Gasteiger partial charge is 0.319 e. The number of amides is 1. The van der Waals surface area contributed by atoms with Crippen molar-refractivity contribution in [3.05, 3.63) is 45.6 Å². The molecule has 0 aliphatic carbocycles. The predicted molar refractivity (Wildman–Crippen MR) is 81.4 cm³/mol. The highest BCUT2D eigenvalue weighted by Crippen LogP contribution is 2.28. The molecule has 0 saturated carbocycles. The molecule has 1 heterocycles. The van der Waals surface area contributed by atoms with Gasteiger partial charge < -0.3 is 10.7 Å². The van der Waals surface area contributed by atoms with E-state index >= 15 is 0 Å². The van der Waals surface area contributed by atoms with E-state index in [-0.39, 0.29) is 11.6 Å². The lowest BCUT2D eigenvalue weighted by atomic mass is 10.1. The molecule has 0 fully saturated rings. The summed E-state index contributed by atoms with van der Waals surface area (Å²) in [6, 6.07) is 7.07. The maximum Gasteiger partial charge on any atom is 0.276 e. The van der Waals surface area contributed by atoms with E-state index in [0.717, 1.165) is 21.3 Å². The lowest BCUT2D eigenvalue weighted by Crippen LogP contribution is -2.17. The molecule has 6 nitrogen and oxygen atoms in total. The first-order valence-corrected chi connectivity index (χ1v) is 6.69. The van der Waals surface area contributed by atoms with E-state index in [1.165, 1.54) is 0 Å². The number of hydrazine groups is 1. The number of benzene rings is 1. The molecule has 20 heavy (non-hydrogen) atoms. The van der Waals surface area contributed by atoms with E-state index in [0.29, 0.717) is 5.82 Å². The number of hydrogen-bond donors (Lipinski definition) is 3. The summed E-state index contributed by atoms with van der Waals surface area (Å²) in [5, 5.41) is 10.4. The molecule has 0 aliphatic heterocycles. The van der Waals surface area contributed by atoms with Crippen LogP contribution in [0.3, 0.4) is 0 Å². The molecule has 1 amide bonds. The van der Waals surface area contributed by atoms with Gasteiger partial charge in [-0.25, -0.2) is 5.84 Å². The van der Waals surface area contributed by atoms with Crippen LogP contribution in [0.5, 0.6) is 0 Å². The molecule has 0 saturated heterocycles. The fourth-order valence-corrected chi connectivity index (χ4v) is 2.55. The van der Waals surface area contributed by atoms with Crippen LogP contribution in [0.2, 0.25) is 0 Å². The third-order valence-electron chi connectivity index (χ3n) is 2.72. The van der Waals surface area contributed by atoms with Crippen LogP contribution in [-0.2, 0) is 0 Å². The Morgan fingerprint density at radius 3 is 2.55 bits per heavy atom. The van der Waals surface area contributed by atoms with Gasteiger partial charge in [-0.3, -0.25) is 4.79 Å². The standard InChI is InChI=1S/C13H14BrN5O/c1-7-5-8(2)12(9(14)6-7)16-13(20)10-3-4-11(17-15)19-18-10/h3-6H,15H2,1-2H3,(H,16,20)(H,17,19). The maximum absolute atomic E-state index is 12.1. The van der Waals surface area contributed by atoms with Gasteiger partial charge in [0.2, 0.25) is 0 Å². The van der Waals surface area contributed by atoms with Crippen LogP contribution in [0.1, 0.15) is 21.6 Å². The van der Waals surface area contributed by atoms with Crippen molar-refractivity contribution in [1.82, 2.24) is 10.2 Å². The van der Waals surface area contributed by atoms with Crippen molar-refractivity contribution in [2.75, 3.05) is 10.7 Å². The Hall–Kier alpha value is -1.99. The zero-order valence-corrected chi connectivity index (χ0v) is 12.7. The van der Waals surface area contributed by atoms with Gasteiger partial charge >= 0.3 is 0 Å². The van der Waals surface area contributed by atoms with Crippen LogP contribution < -0.4 is 16.6 Å². The molecule has 0 unspecified atom stereocenters. The molecular formula is C13H14BrN5O. The fraction of sp³-hybridized carbons (Fsp3) is 0.154. The Labute approximate surface area is 124 Å². The maximum atomic E-state index is 12.1. The van der Waals surface area contributed by atoms with E-state index < -0.39 is 0 Å². The number of aromatic nitrogens is 2. The smallest absolute Gasteiger partial charge is 0.276 e. The molecule has 1 aromatic heterocycles. The van der Waals surface area contributed by atoms with Crippen molar-refractivity contribution in [3.8, 4) is 0 Å². The fourth-order valence-electron chi connectivity index (χ4n) is 1.78. The van der Waals surface area contributed by atoms with Crippen molar-refractivity contribution in [2.45, 2.75) is 13.8 Å². The first kappa shape index (κ1) is 14.4. The second-order valence-corrected chi connectivity index (χ2v) is 5.20. The zero-order valence-electron chi connectivity index (χ0n) is 11.1. The topological polar surface area (TPSA) is 92.9 Å². The van der Waals surface area contributed by atoms with E-state index in [1.807, 2.05) is 26.0 Å². The average molecular weight is 336 g/mol. The van der Waals surface area contributed by atoms with Crippen molar-refractivity contribution in [3.63, 3.8) is 0 Å². The number of hydrogen-bond acceptors (Lipinski definition) is 5. The van der Waals surface area contributed by atoms with Gasteiger partial charge in [-0.2, -0.15) is 0 Å². The molecule has 104 valence electrons. The Balaban J connectivity index is 2.23. The molecule has 1 aromatic carbocycles. The molecule has 2 rings (SSSR count). The van der Waals surface area contributed by atoms with Gasteiger partial charge in [0.05, 0.1) is 5.69 Å². The van der Waals surface area contributed by atoms with E-state index in [1.54, 1.807) is 12.1 Å². The molecule has 2 aromatic rings. The number of anilines is 2. The quantitative estimate of drug-likeness (QED) is 0.591. The van der Waals surface area contributed by atoms with Crippen molar-refractivity contribution in [2.24, 2.45) is 5.84 Å². The lowest BCUT2D eigenvalue weighted by molar-refractivity contribution is 0.102. The van der Waals surface area contributed by atoms with Gasteiger partial charge in [0.15, 0.2) is 11.5 Å². The van der Waals surface area contributed by atoms with Crippen molar-refractivity contribution < 1.29 is 4.79 Å². The second-order valence-electron chi connectivity index (χ2n) is 4.34. The number of aryl methyl sites for hydroxylation is 2. The van der Waals surface area contributed by atoms with Crippen LogP contribution in [0.25, 0.3) is 0 Å². The summed E-state index contributed by atoms with van der Waals surface area (Å²) in [5.74, 6) is 5.27. The molecule has 0 bridgehead atoms. The highest BCUT2D eigenvalue weighted by atomic mass is 79.9. The van der Waals surface area contributed by atoms with E-state index in [4.69, 9.17) is 5.84 Å². The summed E-state index contributed by atoms with van der Waals surface area (Å²) in [6.07, 6.45) is 0. The minimum absolute atomic E-state index is 0.218. The Kier molecular flexibility index (Phi) is 4.31. The van der Waals surface area contributed by atoms with Gasteiger partial charge in [0.25, 0.3) is 5.91 Å². The van der Waals surface area contributed by atoms with Crippen LogP contribution in [0, 0.1) is 13.8 Å². The molecule has 0 atom stereocenters. The van der Waals surface area contributed by atoms with E-state index in [9.17, 15) is 4.79 Å². The Morgan fingerprint density at radius 2 is 2.00 bits per heavy atom. The summed E-state index contributed by atoms with van der Waals surface area (Å²) in [4.78, 5) is 12.1. The van der Waals surface area contributed by atoms with Gasteiger partial charge in [0, 0.05) is 4.47 Å². The normalized spacial score (nSPS) is 10.2. The number of nitrogen functional groups attached to an aromatic ring is 1. The number of nitrogens with two attached hydrogens (primary N) is 1. The number of halogens is 1. The van der Waals surface area contributed by atoms with Gasteiger partial charge in [0.1, 0.15) is 0 Å².